The number of aromatic hydroxyl groups is 3. The summed E-state index contributed by atoms with van der Waals surface area (Å²) in [5, 5.41) is 41.5. The zero-order valence-corrected chi connectivity index (χ0v) is 16.1. The number of benzene rings is 2. The first kappa shape index (κ1) is 18.4. The summed E-state index contributed by atoms with van der Waals surface area (Å²) < 4.78 is 6.15. The zero-order valence-electron chi connectivity index (χ0n) is 16.1. The summed E-state index contributed by atoms with van der Waals surface area (Å²) in [6.07, 6.45) is -0.286. The highest BCUT2D eigenvalue weighted by Crippen LogP contribution is 2.53. The molecule has 0 aromatic heterocycles. The maximum atomic E-state index is 10.6. The molecular formula is C21H26O5. The Kier molecular flexibility index (Phi) is 4.31. The van der Waals surface area contributed by atoms with Gasteiger partial charge in [-0.1, -0.05) is 6.92 Å². The van der Waals surface area contributed by atoms with E-state index in [0.717, 1.165) is 16.7 Å². The predicted octanol–water partition coefficient (Wildman–Crippen LogP) is 4.22. The molecule has 0 radical (unpaired) electrons. The molecule has 0 saturated carbocycles. The van der Waals surface area contributed by atoms with Crippen molar-refractivity contribution in [3.63, 3.8) is 0 Å². The van der Waals surface area contributed by atoms with Gasteiger partial charge >= 0.3 is 0 Å². The van der Waals surface area contributed by atoms with Crippen molar-refractivity contribution >= 4 is 0 Å². The van der Waals surface area contributed by atoms with Gasteiger partial charge < -0.3 is 25.2 Å². The SMILES string of the molecule is Cc1c(C)c2c(c(C)c1O)Oc1c(C)c([C@H](C)[C@@H](C)O)c(O)c(O)c1C2. The van der Waals surface area contributed by atoms with Crippen LogP contribution in [0.3, 0.4) is 0 Å². The van der Waals surface area contributed by atoms with Gasteiger partial charge in [0, 0.05) is 34.6 Å². The number of aliphatic hydroxyl groups excluding tert-OH is 1. The summed E-state index contributed by atoms with van der Waals surface area (Å²) in [7, 11) is 0. The van der Waals surface area contributed by atoms with Crippen LogP contribution >= 0.6 is 0 Å². The molecule has 4 N–H and O–H groups in total. The molecular weight excluding hydrogens is 332 g/mol. The zero-order chi connectivity index (χ0) is 19.5. The third kappa shape index (κ3) is 2.42. The third-order valence-corrected chi connectivity index (χ3v) is 5.86. The summed E-state index contributed by atoms with van der Waals surface area (Å²) in [4.78, 5) is 0. The number of phenolic OH excluding ortho intramolecular Hbond substituents is 3. The average molecular weight is 358 g/mol. The second kappa shape index (κ2) is 6.09. The number of ether oxygens (including phenoxy) is 1. The third-order valence-electron chi connectivity index (χ3n) is 5.86. The van der Waals surface area contributed by atoms with Gasteiger partial charge in [0.2, 0.25) is 0 Å². The monoisotopic (exact) mass is 358 g/mol. The number of rotatable bonds is 2. The normalized spacial score (nSPS) is 15.0. The van der Waals surface area contributed by atoms with Crippen molar-refractivity contribution in [2.75, 3.05) is 0 Å². The molecule has 0 amide bonds. The lowest BCUT2D eigenvalue weighted by Gasteiger charge is -2.30. The van der Waals surface area contributed by atoms with Crippen molar-refractivity contribution in [1.29, 1.82) is 0 Å². The number of aliphatic hydroxyl groups is 1. The summed E-state index contributed by atoms with van der Waals surface area (Å²) in [6, 6.07) is 0. The molecule has 1 aliphatic heterocycles. The Balaban J connectivity index is 2.28. The van der Waals surface area contributed by atoms with Crippen LogP contribution in [-0.2, 0) is 6.42 Å². The molecule has 2 aromatic carbocycles. The molecule has 2 aromatic rings. The largest absolute Gasteiger partial charge is 0.507 e. The van der Waals surface area contributed by atoms with Gasteiger partial charge in [-0.3, -0.25) is 0 Å². The van der Waals surface area contributed by atoms with E-state index < -0.39 is 6.10 Å². The van der Waals surface area contributed by atoms with Crippen LogP contribution in [0.15, 0.2) is 0 Å². The van der Waals surface area contributed by atoms with Crippen molar-refractivity contribution in [3.8, 4) is 28.7 Å². The van der Waals surface area contributed by atoms with Crippen molar-refractivity contribution < 1.29 is 25.2 Å². The molecule has 1 heterocycles. The molecule has 26 heavy (non-hydrogen) atoms. The summed E-state index contributed by atoms with van der Waals surface area (Å²) in [6.45, 7) is 10.8. The molecule has 0 spiro atoms. The second-order valence-electron chi connectivity index (χ2n) is 7.38. The van der Waals surface area contributed by atoms with Crippen LogP contribution in [0.4, 0.5) is 0 Å². The second-order valence-corrected chi connectivity index (χ2v) is 7.38. The summed E-state index contributed by atoms with van der Waals surface area (Å²) in [5.74, 6) is 0.518. The van der Waals surface area contributed by atoms with Crippen molar-refractivity contribution in [1.82, 2.24) is 0 Å². The van der Waals surface area contributed by atoms with E-state index in [1.54, 1.807) is 20.8 Å². The minimum atomic E-state index is -0.691. The Hall–Kier alpha value is -2.40. The lowest BCUT2D eigenvalue weighted by Crippen LogP contribution is -2.15. The van der Waals surface area contributed by atoms with Crippen LogP contribution < -0.4 is 4.74 Å². The fraction of sp³-hybridized carbons (Fsp3) is 0.429. The Bertz CT molecular complexity index is 912. The van der Waals surface area contributed by atoms with Crippen LogP contribution in [0.1, 0.15) is 58.7 Å². The van der Waals surface area contributed by atoms with Gasteiger partial charge in [0.25, 0.3) is 0 Å². The van der Waals surface area contributed by atoms with Crippen LogP contribution in [0.25, 0.3) is 0 Å². The molecule has 1 aliphatic rings. The lowest BCUT2D eigenvalue weighted by molar-refractivity contribution is 0.166. The Labute approximate surface area is 153 Å². The highest BCUT2D eigenvalue weighted by atomic mass is 16.5. The molecule has 3 rings (SSSR count). The highest BCUT2D eigenvalue weighted by molar-refractivity contribution is 5.69. The smallest absolute Gasteiger partial charge is 0.165 e. The highest BCUT2D eigenvalue weighted by Gasteiger charge is 2.32. The molecule has 5 heteroatoms. The first-order valence-corrected chi connectivity index (χ1v) is 8.82. The topological polar surface area (TPSA) is 90.2 Å². The number of hydrogen-bond acceptors (Lipinski definition) is 5. The van der Waals surface area contributed by atoms with Gasteiger partial charge in [-0.2, -0.15) is 0 Å². The van der Waals surface area contributed by atoms with E-state index in [1.165, 1.54) is 0 Å². The van der Waals surface area contributed by atoms with E-state index in [2.05, 4.69) is 0 Å². The van der Waals surface area contributed by atoms with E-state index in [1.807, 2.05) is 20.8 Å². The van der Waals surface area contributed by atoms with Gasteiger partial charge in [-0.15, -0.1) is 0 Å². The first-order chi connectivity index (χ1) is 12.1. The number of phenols is 3. The van der Waals surface area contributed by atoms with Crippen molar-refractivity contribution in [3.05, 3.63) is 38.9 Å². The Morgan fingerprint density at radius 2 is 1.31 bits per heavy atom. The maximum absolute atomic E-state index is 10.6. The Morgan fingerprint density at radius 1 is 0.731 bits per heavy atom. The van der Waals surface area contributed by atoms with Crippen LogP contribution in [0.2, 0.25) is 0 Å². The fourth-order valence-corrected chi connectivity index (χ4v) is 3.82. The van der Waals surface area contributed by atoms with Gasteiger partial charge in [0.15, 0.2) is 11.5 Å². The summed E-state index contributed by atoms with van der Waals surface area (Å²) in [5.41, 5.74) is 4.94. The average Bonchev–Trinajstić information content (AvgIpc) is 2.61. The predicted molar refractivity (Wildman–Crippen MR) is 99.8 cm³/mol. The first-order valence-electron chi connectivity index (χ1n) is 8.82. The number of fused-ring (bicyclic) bond motifs is 2. The van der Waals surface area contributed by atoms with Crippen LogP contribution in [0, 0.1) is 27.7 Å². The summed E-state index contributed by atoms with van der Waals surface area (Å²) >= 11 is 0. The molecule has 2 atom stereocenters. The molecule has 0 fully saturated rings. The molecule has 0 aliphatic carbocycles. The quantitative estimate of drug-likeness (QED) is 0.515. The molecule has 0 saturated heterocycles. The molecule has 0 bridgehead atoms. The minimum Gasteiger partial charge on any atom is -0.507 e. The van der Waals surface area contributed by atoms with Crippen LogP contribution in [0.5, 0.6) is 28.7 Å². The van der Waals surface area contributed by atoms with E-state index in [9.17, 15) is 20.4 Å². The minimum absolute atomic E-state index is 0.202. The van der Waals surface area contributed by atoms with Gasteiger partial charge in [-0.05, 0) is 51.3 Å². The Morgan fingerprint density at radius 3 is 1.88 bits per heavy atom. The van der Waals surface area contributed by atoms with Crippen LogP contribution in [-0.4, -0.2) is 26.5 Å². The van der Waals surface area contributed by atoms with E-state index in [0.29, 0.717) is 40.2 Å². The number of hydrogen-bond donors (Lipinski definition) is 4. The van der Waals surface area contributed by atoms with Gasteiger partial charge in [0.1, 0.15) is 17.2 Å². The fourth-order valence-electron chi connectivity index (χ4n) is 3.82. The van der Waals surface area contributed by atoms with Crippen molar-refractivity contribution in [2.24, 2.45) is 0 Å². The van der Waals surface area contributed by atoms with E-state index >= 15 is 0 Å². The molecule has 5 nitrogen and oxygen atoms in total. The molecule has 0 unspecified atom stereocenters. The van der Waals surface area contributed by atoms with E-state index in [4.69, 9.17) is 4.74 Å². The lowest BCUT2D eigenvalue weighted by atomic mass is 9.85. The van der Waals surface area contributed by atoms with E-state index in [-0.39, 0.29) is 23.2 Å². The van der Waals surface area contributed by atoms with Crippen molar-refractivity contribution in [2.45, 2.75) is 60.0 Å². The standard InChI is InChI=1S/C21H26O5/c1-8-9(2)17(23)12(5)21-14(8)7-15-18(24)19(25)16(10(3)13(6)22)11(4)20(15)26-21/h10,13,22-25H,7H2,1-6H3/t10-,13-/m1/s1. The van der Waals surface area contributed by atoms with Gasteiger partial charge in [-0.25, -0.2) is 0 Å². The van der Waals surface area contributed by atoms with Gasteiger partial charge in [0.05, 0.1) is 6.10 Å². The molecule has 140 valence electrons. The maximum Gasteiger partial charge on any atom is 0.165 e.